The van der Waals surface area contributed by atoms with Gasteiger partial charge in [-0.1, -0.05) is 12.1 Å². The molecule has 0 heterocycles. The smallest absolute Gasteiger partial charge is 0.305 e. The summed E-state index contributed by atoms with van der Waals surface area (Å²) in [5, 5.41) is 11.6. The molecule has 1 amide bonds. The van der Waals surface area contributed by atoms with Crippen LogP contribution in [0.2, 0.25) is 0 Å². The summed E-state index contributed by atoms with van der Waals surface area (Å²) in [6.45, 7) is 3.84. The number of rotatable bonds is 7. The Balaban J connectivity index is 1.86. The van der Waals surface area contributed by atoms with E-state index in [1.165, 1.54) is 0 Å². The highest BCUT2D eigenvalue weighted by molar-refractivity contribution is 5.79. The summed E-state index contributed by atoms with van der Waals surface area (Å²) in [5.41, 5.74) is 2.12. The van der Waals surface area contributed by atoms with Gasteiger partial charge >= 0.3 is 5.97 Å². The summed E-state index contributed by atoms with van der Waals surface area (Å²) >= 11 is 0. The van der Waals surface area contributed by atoms with Crippen LogP contribution in [-0.2, 0) is 9.59 Å². The fourth-order valence-electron chi connectivity index (χ4n) is 2.29. The van der Waals surface area contributed by atoms with Gasteiger partial charge in [0.2, 0.25) is 0 Å². The average Bonchev–Trinajstić information content (AvgIpc) is 3.23. The monoisotopic (exact) mass is 291 g/mol. The lowest BCUT2D eigenvalue weighted by molar-refractivity contribution is -0.138. The highest BCUT2D eigenvalue weighted by Gasteiger charge is 2.33. The number of hydrogen-bond acceptors (Lipinski definition) is 3. The van der Waals surface area contributed by atoms with Gasteiger partial charge in [0.1, 0.15) is 5.75 Å². The van der Waals surface area contributed by atoms with Crippen LogP contribution in [0.15, 0.2) is 18.2 Å². The molecule has 1 saturated carbocycles. The van der Waals surface area contributed by atoms with E-state index in [0.29, 0.717) is 11.7 Å². The Hall–Kier alpha value is -2.04. The second-order valence-electron chi connectivity index (χ2n) is 5.60. The fraction of sp³-hybridized carbons (Fsp3) is 0.500. The molecule has 0 bridgehead atoms. The molecule has 0 spiro atoms. The van der Waals surface area contributed by atoms with E-state index in [1.807, 2.05) is 32.0 Å². The van der Waals surface area contributed by atoms with E-state index in [4.69, 9.17) is 9.84 Å². The predicted molar refractivity (Wildman–Crippen MR) is 78.3 cm³/mol. The van der Waals surface area contributed by atoms with Gasteiger partial charge in [0.15, 0.2) is 6.61 Å². The zero-order chi connectivity index (χ0) is 15.4. The summed E-state index contributed by atoms with van der Waals surface area (Å²) in [6.07, 6.45) is 1.94. The molecule has 21 heavy (non-hydrogen) atoms. The second-order valence-corrected chi connectivity index (χ2v) is 5.60. The van der Waals surface area contributed by atoms with Crippen LogP contribution in [0.25, 0.3) is 0 Å². The Bertz CT molecular complexity index is 537. The standard InChI is InChI=1S/C16H21NO4/c1-10-4-3-5-14(11(10)2)21-9-15(18)17-13(8-16(19)20)12-6-7-12/h3-5,12-13H,6-9H2,1-2H3,(H,17,18)(H,19,20). The minimum atomic E-state index is -0.886. The van der Waals surface area contributed by atoms with Crippen molar-refractivity contribution in [1.29, 1.82) is 0 Å². The summed E-state index contributed by atoms with van der Waals surface area (Å²) in [7, 11) is 0. The largest absolute Gasteiger partial charge is 0.483 e. The minimum Gasteiger partial charge on any atom is -0.483 e. The molecule has 5 heteroatoms. The third-order valence-corrected chi connectivity index (χ3v) is 3.85. The van der Waals surface area contributed by atoms with Gasteiger partial charge in [-0.3, -0.25) is 9.59 Å². The number of nitrogens with one attached hydrogen (secondary N) is 1. The number of amides is 1. The van der Waals surface area contributed by atoms with Crippen LogP contribution in [0, 0.1) is 19.8 Å². The number of carboxylic acid groups (broad SMARTS) is 1. The number of carbonyl (C=O) groups excluding carboxylic acids is 1. The molecule has 0 aromatic heterocycles. The summed E-state index contributed by atoms with van der Waals surface area (Å²) in [6, 6.07) is 5.41. The van der Waals surface area contributed by atoms with Crippen molar-refractivity contribution in [2.75, 3.05) is 6.61 Å². The van der Waals surface area contributed by atoms with Crippen molar-refractivity contribution >= 4 is 11.9 Å². The first-order chi connectivity index (χ1) is 9.97. The lowest BCUT2D eigenvalue weighted by Crippen LogP contribution is -2.40. The molecule has 1 aromatic carbocycles. The van der Waals surface area contributed by atoms with E-state index in [0.717, 1.165) is 24.0 Å². The van der Waals surface area contributed by atoms with Crippen LogP contribution < -0.4 is 10.1 Å². The number of aryl methyl sites for hydroxylation is 1. The van der Waals surface area contributed by atoms with Gasteiger partial charge in [-0.2, -0.15) is 0 Å². The quantitative estimate of drug-likeness (QED) is 0.806. The van der Waals surface area contributed by atoms with E-state index >= 15 is 0 Å². The van der Waals surface area contributed by atoms with Gasteiger partial charge in [-0.05, 0) is 49.8 Å². The summed E-state index contributed by atoms with van der Waals surface area (Å²) in [4.78, 5) is 22.7. The summed E-state index contributed by atoms with van der Waals surface area (Å²) < 4.78 is 5.53. The Morgan fingerprint density at radius 2 is 2.10 bits per heavy atom. The number of carbonyl (C=O) groups is 2. The van der Waals surface area contributed by atoms with Crippen molar-refractivity contribution in [3.05, 3.63) is 29.3 Å². The minimum absolute atomic E-state index is 0.0279. The van der Waals surface area contributed by atoms with Gasteiger partial charge in [-0.25, -0.2) is 0 Å². The molecule has 114 valence electrons. The maximum Gasteiger partial charge on any atom is 0.305 e. The maximum absolute atomic E-state index is 11.9. The molecular weight excluding hydrogens is 270 g/mol. The zero-order valence-electron chi connectivity index (χ0n) is 12.4. The van der Waals surface area contributed by atoms with E-state index in [9.17, 15) is 9.59 Å². The van der Waals surface area contributed by atoms with E-state index in [1.54, 1.807) is 0 Å². The molecule has 1 aliphatic carbocycles. The average molecular weight is 291 g/mol. The summed E-state index contributed by atoms with van der Waals surface area (Å²) in [5.74, 6) is -0.172. The van der Waals surface area contributed by atoms with Gasteiger partial charge in [0.05, 0.1) is 6.42 Å². The maximum atomic E-state index is 11.9. The van der Waals surface area contributed by atoms with Gasteiger partial charge < -0.3 is 15.2 Å². The molecule has 2 rings (SSSR count). The first-order valence-electron chi connectivity index (χ1n) is 7.17. The van der Waals surface area contributed by atoms with Gasteiger partial charge in [-0.15, -0.1) is 0 Å². The number of ether oxygens (including phenoxy) is 1. The molecule has 0 aliphatic heterocycles. The molecule has 2 N–H and O–H groups in total. The van der Waals surface area contributed by atoms with Crippen LogP contribution in [0.1, 0.15) is 30.4 Å². The molecule has 1 fully saturated rings. The molecule has 1 atom stereocenters. The molecule has 0 saturated heterocycles. The fourth-order valence-corrected chi connectivity index (χ4v) is 2.29. The van der Waals surface area contributed by atoms with E-state index in [2.05, 4.69) is 5.32 Å². The predicted octanol–water partition coefficient (Wildman–Crippen LogP) is 2.05. The topological polar surface area (TPSA) is 75.6 Å². The SMILES string of the molecule is Cc1cccc(OCC(=O)NC(CC(=O)O)C2CC2)c1C. The lowest BCUT2D eigenvalue weighted by atomic mass is 10.1. The molecule has 1 unspecified atom stereocenters. The molecule has 0 radical (unpaired) electrons. The van der Waals surface area contributed by atoms with Crippen molar-refractivity contribution in [2.45, 2.75) is 39.2 Å². The first-order valence-corrected chi connectivity index (χ1v) is 7.17. The number of hydrogen-bond donors (Lipinski definition) is 2. The highest BCUT2D eigenvalue weighted by Crippen LogP contribution is 2.34. The van der Waals surface area contributed by atoms with Crippen LogP contribution in [0.4, 0.5) is 0 Å². The molecule has 1 aromatic rings. The number of aliphatic carboxylic acids is 1. The van der Waals surface area contributed by atoms with Gasteiger partial charge in [0.25, 0.3) is 5.91 Å². The van der Waals surface area contributed by atoms with E-state index in [-0.39, 0.29) is 25.0 Å². The van der Waals surface area contributed by atoms with Crippen molar-refractivity contribution in [3.63, 3.8) is 0 Å². The third kappa shape index (κ3) is 4.48. The van der Waals surface area contributed by atoms with Gasteiger partial charge in [0, 0.05) is 6.04 Å². The molecular formula is C16H21NO4. The molecule has 1 aliphatic rings. The van der Waals surface area contributed by atoms with Crippen LogP contribution in [0.3, 0.4) is 0 Å². The van der Waals surface area contributed by atoms with Crippen molar-refractivity contribution < 1.29 is 19.4 Å². The Labute approximate surface area is 124 Å². The third-order valence-electron chi connectivity index (χ3n) is 3.85. The lowest BCUT2D eigenvalue weighted by Gasteiger charge is -2.17. The van der Waals surface area contributed by atoms with Crippen LogP contribution in [-0.4, -0.2) is 29.6 Å². The van der Waals surface area contributed by atoms with Crippen molar-refractivity contribution in [2.24, 2.45) is 5.92 Å². The first kappa shape index (κ1) is 15.4. The second kappa shape index (κ2) is 6.61. The Morgan fingerprint density at radius 1 is 1.38 bits per heavy atom. The number of carboxylic acids is 1. The Kier molecular flexibility index (Phi) is 4.83. The van der Waals surface area contributed by atoms with Crippen molar-refractivity contribution in [1.82, 2.24) is 5.32 Å². The number of benzene rings is 1. The van der Waals surface area contributed by atoms with E-state index < -0.39 is 5.97 Å². The Morgan fingerprint density at radius 3 is 2.71 bits per heavy atom. The van der Waals surface area contributed by atoms with Crippen molar-refractivity contribution in [3.8, 4) is 5.75 Å². The van der Waals surface area contributed by atoms with Crippen LogP contribution in [0.5, 0.6) is 5.75 Å². The van der Waals surface area contributed by atoms with Crippen LogP contribution >= 0.6 is 0 Å². The molecule has 5 nitrogen and oxygen atoms in total. The normalized spacial score (nSPS) is 15.3. The highest BCUT2D eigenvalue weighted by atomic mass is 16.5. The zero-order valence-corrected chi connectivity index (χ0v) is 12.4.